The van der Waals surface area contributed by atoms with Crippen molar-refractivity contribution in [1.29, 1.82) is 0 Å². The van der Waals surface area contributed by atoms with E-state index in [4.69, 9.17) is 4.74 Å². The smallest absolute Gasteiger partial charge is 0.317 e. The highest BCUT2D eigenvalue weighted by atomic mass is 16.5. The lowest BCUT2D eigenvalue weighted by atomic mass is 9.95. The number of amides is 2. The summed E-state index contributed by atoms with van der Waals surface area (Å²) in [6.07, 6.45) is 6.85. The largest absolute Gasteiger partial charge is 0.377 e. The Labute approximate surface area is 104 Å². The van der Waals surface area contributed by atoms with Crippen molar-refractivity contribution in [3.8, 4) is 0 Å². The zero-order valence-electron chi connectivity index (χ0n) is 11.0. The molecular weight excluding hydrogens is 216 g/mol. The second-order valence-electron chi connectivity index (χ2n) is 5.61. The molecule has 0 aromatic rings. The number of carbonyl (C=O) groups excluding carboxylic acids is 1. The van der Waals surface area contributed by atoms with Crippen LogP contribution in [-0.4, -0.2) is 42.8 Å². The van der Waals surface area contributed by atoms with Crippen LogP contribution in [0, 0.1) is 0 Å². The van der Waals surface area contributed by atoms with E-state index in [0.717, 1.165) is 32.2 Å². The van der Waals surface area contributed by atoms with Gasteiger partial charge in [0, 0.05) is 19.7 Å². The van der Waals surface area contributed by atoms with Crippen LogP contribution < -0.4 is 5.32 Å². The Kier molecular flexibility index (Phi) is 3.92. The van der Waals surface area contributed by atoms with Crippen molar-refractivity contribution in [2.45, 2.75) is 57.1 Å². The Balaban J connectivity index is 1.86. The molecule has 1 saturated carbocycles. The summed E-state index contributed by atoms with van der Waals surface area (Å²) in [6, 6.07) is 0.498. The molecule has 1 unspecified atom stereocenters. The van der Waals surface area contributed by atoms with Crippen molar-refractivity contribution >= 4 is 6.03 Å². The van der Waals surface area contributed by atoms with Gasteiger partial charge in [-0.1, -0.05) is 12.8 Å². The first kappa shape index (κ1) is 12.7. The quantitative estimate of drug-likeness (QED) is 0.803. The topological polar surface area (TPSA) is 41.6 Å². The molecule has 0 aromatic carbocycles. The third kappa shape index (κ3) is 3.12. The van der Waals surface area contributed by atoms with Gasteiger partial charge in [0.2, 0.25) is 0 Å². The fourth-order valence-corrected chi connectivity index (χ4v) is 2.88. The average Bonchev–Trinajstić information content (AvgIpc) is 2.82. The number of hydrogen-bond donors (Lipinski definition) is 1. The molecule has 98 valence electrons. The molecule has 0 bridgehead atoms. The first-order chi connectivity index (χ1) is 8.13. The van der Waals surface area contributed by atoms with Gasteiger partial charge in [0.25, 0.3) is 0 Å². The minimum atomic E-state index is -0.161. The molecule has 1 N–H and O–H groups in total. The van der Waals surface area contributed by atoms with E-state index in [1.54, 1.807) is 7.11 Å². The Morgan fingerprint density at radius 3 is 2.71 bits per heavy atom. The van der Waals surface area contributed by atoms with Gasteiger partial charge in [-0.05, 0) is 32.6 Å². The molecule has 2 aliphatic rings. The molecule has 0 spiro atoms. The highest BCUT2D eigenvalue weighted by Crippen LogP contribution is 2.24. The minimum absolute atomic E-state index is 0.0971. The van der Waals surface area contributed by atoms with Crippen molar-refractivity contribution in [2.24, 2.45) is 0 Å². The lowest BCUT2D eigenvalue weighted by Crippen LogP contribution is -2.53. The van der Waals surface area contributed by atoms with Gasteiger partial charge in [0.1, 0.15) is 0 Å². The molecule has 4 heteroatoms. The normalized spacial score (nSPS) is 30.6. The van der Waals surface area contributed by atoms with Crippen molar-refractivity contribution in [1.82, 2.24) is 10.2 Å². The first-order valence-corrected chi connectivity index (χ1v) is 6.73. The maximum atomic E-state index is 12.1. The number of likely N-dealkylation sites (tertiary alicyclic amines) is 1. The number of hydrogen-bond acceptors (Lipinski definition) is 2. The van der Waals surface area contributed by atoms with Crippen LogP contribution in [0.3, 0.4) is 0 Å². The molecule has 0 radical (unpaired) electrons. The molecule has 1 aliphatic heterocycles. The number of methoxy groups -OCH3 is 1. The Morgan fingerprint density at radius 1 is 1.35 bits per heavy atom. The summed E-state index contributed by atoms with van der Waals surface area (Å²) in [7, 11) is 1.73. The summed E-state index contributed by atoms with van der Waals surface area (Å²) < 4.78 is 5.51. The summed E-state index contributed by atoms with van der Waals surface area (Å²) in [5.41, 5.74) is -0.161. The van der Waals surface area contributed by atoms with Crippen molar-refractivity contribution < 1.29 is 9.53 Å². The van der Waals surface area contributed by atoms with E-state index >= 15 is 0 Å². The molecule has 1 atom stereocenters. The number of rotatable bonds is 2. The molecule has 2 fully saturated rings. The molecular formula is C13H24N2O2. The van der Waals surface area contributed by atoms with Crippen molar-refractivity contribution in [2.75, 3.05) is 20.2 Å². The van der Waals surface area contributed by atoms with Crippen LogP contribution in [0.4, 0.5) is 4.79 Å². The van der Waals surface area contributed by atoms with E-state index < -0.39 is 0 Å². The van der Waals surface area contributed by atoms with E-state index in [-0.39, 0.29) is 11.6 Å². The third-order valence-corrected chi connectivity index (χ3v) is 4.12. The van der Waals surface area contributed by atoms with Gasteiger partial charge in [0.15, 0.2) is 0 Å². The number of piperidine rings is 1. The van der Waals surface area contributed by atoms with E-state index in [1.807, 2.05) is 4.90 Å². The maximum Gasteiger partial charge on any atom is 0.317 e. The van der Waals surface area contributed by atoms with Crippen LogP contribution in [0.5, 0.6) is 0 Å². The fourth-order valence-electron chi connectivity index (χ4n) is 2.88. The Bertz CT molecular complexity index is 277. The zero-order chi connectivity index (χ0) is 12.3. The lowest BCUT2D eigenvalue weighted by molar-refractivity contribution is -0.0403. The van der Waals surface area contributed by atoms with Crippen LogP contribution in [-0.2, 0) is 4.74 Å². The summed E-state index contributed by atoms with van der Waals surface area (Å²) in [5.74, 6) is 0. The second kappa shape index (κ2) is 5.25. The van der Waals surface area contributed by atoms with Gasteiger partial charge in [-0.2, -0.15) is 0 Å². The lowest BCUT2D eigenvalue weighted by Gasteiger charge is -2.39. The number of carbonyl (C=O) groups is 1. The summed E-state index contributed by atoms with van der Waals surface area (Å²) >= 11 is 0. The summed E-state index contributed by atoms with van der Waals surface area (Å²) in [5, 5.41) is 3.14. The fraction of sp³-hybridized carbons (Fsp3) is 0.923. The Hall–Kier alpha value is -0.770. The van der Waals surface area contributed by atoms with Crippen molar-refractivity contribution in [3.63, 3.8) is 0 Å². The van der Waals surface area contributed by atoms with Crippen LogP contribution in [0.1, 0.15) is 45.4 Å². The monoisotopic (exact) mass is 240 g/mol. The van der Waals surface area contributed by atoms with Gasteiger partial charge in [-0.3, -0.25) is 0 Å². The highest BCUT2D eigenvalue weighted by Gasteiger charge is 2.33. The van der Waals surface area contributed by atoms with Crippen LogP contribution >= 0.6 is 0 Å². The summed E-state index contributed by atoms with van der Waals surface area (Å²) in [6.45, 7) is 3.65. The molecule has 1 heterocycles. The van der Waals surface area contributed by atoms with Gasteiger partial charge < -0.3 is 15.0 Å². The van der Waals surface area contributed by atoms with Gasteiger partial charge in [0.05, 0.1) is 12.1 Å². The van der Waals surface area contributed by atoms with Crippen molar-refractivity contribution in [3.05, 3.63) is 0 Å². The van der Waals surface area contributed by atoms with Gasteiger partial charge >= 0.3 is 6.03 Å². The van der Waals surface area contributed by atoms with E-state index in [1.165, 1.54) is 12.8 Å². The molecule has 1 saturated heterocycles. The van der Waals surface area contributed by atoms with Crippen LogP contribution in [0.25, 0.3) is 0 Å². The molecule has 2 rings (SSSR count). The predicted molar refractivity (Wildman–Crippen MR) is 67.0 cm³/mol. The number of ether oxygens (including phenoxy) is 1. The van der Waals surface area contributed by atoms with Gasteiger partial charge in [-0.15, -0.1) is 0 Å². The van der Waals surface area contributed by atoms with E-state index in [9.17, 15) is 4.79 Å². The Morgan fingerprint density at radius 2 is 2.06 bits per heavy atom. The average molecular weight is 240 g/mol. The highest BCUT2D eigenvalue weighted by molar-refractivity contribution is 5.74. The van der Waals surface area contributed by atoms with E-state index in [0.29, 0.717) is 12.6 Å². The minimum Gasteiger partial charge on any atom is -0.377 e. The number of nitrogens with zero attached hydrogens (tertiary/aromatic N) is 1. The molecule has 1 aliphatic carbocycles. The standard InChI is InChI=1S/C13H24N2O2/c1-13(17-2)8-5-9-15(10-13)12(16)14-11-6-3-4-7-11/h11H,3-10H2,1-2H3,(H,14,16). The molecule has 0 aromatic heterocycles. The number of nitrogens with one attached hydrogen (secondary N) is 1. The van der Waals surface area contributed by atoms with Crippen LogP contribution in [0.15, 0.2) is 0 Å². The first-order valence-electron chi connectivity index (χ1n) is 6.73. The van der Waals surface area contributed by atoms with Gasteiger partial charge in [-0.25, -0.2) is 4.79 Å². The van der Waals surface area contributed by atoms with Crippen LogP contribution in [0.2, 0.25) is 0 Å². The van der Waals surface area contributed by atoms with E-state index in [2.05, 4.69) is 12.2 Å². The predicted octanol–water partition coefficient (Wildman–Crippen LogP) is 2.14. The SMILES string of the molecule is COC1(C)CCCN(C(=O)NC2CCCC2)C1. The molecule has 4 nitrogen and oxygen atoms in total. The molecule has 2 amide bonds. The molecule has 17 heavy (non-hydrogen) atoms. The summed E-state index contributed by atoms with van der Waals surface area (Å²) in [4.78, 5) is 14.0. The second-order valence-corrected chi connectivity index (χ2v) is 5.61. The zero-order valence-corrected chi connectivity index (χ0v) is 11.0. The third-order valence-electron chi connectivity index (χ3n) is 4.12. The number of urea groups is 1. The maximum absolute atomic E-state index is 12.1.